The number of nitrogens with zero attached hydrogens (tertiary/aromatic N) is 2. The third kappa shape index (κ3) is 3.44. The van der Waals surface area contributed by atoms with Crippen molar-refractivity contribution in [2.45, 2.75) is 45.7 Å². The van der Waals surface area contributed by atoms with Crippen LogP contribution >= 0.6 is 0 Å². The highest BCUT2D eigenvalue weighted by Crippen LogP contribution is 2.24. The molecule has 0 spiro atoms. The summed E-state index contributed by atoms with van der Waals surface area (Å²) in [7, 11) is 0. The van der Waals surface area contributed by atoms with Gasteiger partial charge in [0, 0.05) is 12.5 Å². The van der Waals surface area contributed by atoms with E-state index in [4.69, 9.17) is 5.11 Å². The van der Waals surface area contributed by atoms with Gasteiger partial charge in [-0.3, -0.25) is 9.59 Å². The first-order valence-electron chi connectivity index (χ1n) is 7.38. The van der Waals surface area contributed by atoms with E-state index in [0.29, 0.717) is 0 Å². The molecule has 0 radical (unpaired) electrons. The number of amides is 1. The fraction of sp³-hybridized carbons (Fsp3) is 0.438. The molecule has 118 valence electrons. The molecule has 0 saturated carbocycles. The molecule has 1 aromatic carbocycles. The van der Waals surface area contributed by atoms with E-state index >= 15 is 0 Å². The van der Waals surface area contributed by atoms with Crippen molar-refractivity contribution in [3.8, 4) is 0 Å². The molecule has 2 N–H and O–H groups in total. The molecule has 1 unspecified atom stereocenters. The number of carbonyl (C=O) groups excluding carboxylic acids is 1. The standard InChI is InChI=1S/C16H21N3O3/c1-10(2)19-13-7-5-4-6-12(13)18-16(19)11(3)17-14(20)8-9-15(21)22/h4-7,10-11H,8-9H2,1-3H3,(H,17,20)(H,21,22). The van der Waals surface area contributed by atoms with Crippen molar-refractivity contribution in [3.05, 3.63) is 30.1 Å². The van der Waals surface area contributed by atoms with Gasteiger partial charge >= 0.3 is 5.97 Å². The lowest BCUT2D eigenvalue weighted by atomic mass is 10.2. The zero-order chi connectivity index (χ0) is 16.3. The van der Waals surface area contributed by atoms with Crippen molar-refractivity contribution in [1.29, 1.82) is 0 Å². The smallest absolute Gasteiger partial charge is 0.303 e. The van der Waals surface area contributed by atoms with Gasteiger partial charge < -0.3 is 15.0 Å². The van der Waals surface area contributed by atoms with E-state index in [0.717, 1.165) is 16.9 Å². The lowest BCUT2D eigenvalue weighted by Gasteiger charge is -2.18. The fourth-order valence-electron chi connectivity index (χ4n) is 2.51. The SMILES string of the molecule is CC(NC(=O)CCC(=O)O)c1nc2ccccc2n1C(C)C. The second-order valence-corrected chi connectivity index (χ2v) is 5.61. The molecule has 1 amide bonds. The van der Waals surface area contributed by atoms with E-state index in [1.165, 1.54) is 0 Å². The van der Waals surface area contributed by atoms with Crippen LogP contribution in [0.15, 0.2) is 24.3 Å². The van der Waals surface area contributed by atoms with Gasteiger partial charge in [0.15, 0.2) is 0 Å². The summed E-state index contributed by atoms with van der Waals surface area (Å²) >= 11 is 0. The second kappa shape index (κ2) is 6.60. The third-order valence-electron chi connectivity index (χ3n) is 3.47. The lowest BCUT2D eigenvalue weighted by molar-refractivity contribution is -0.138. The largest absolute Gasteiger partial charge is 0.481 e. The summed E-state index contributed by atoms with van der Waals surface area (Å²) in [6.45, 7) is 5.99. The van der Waals surface area contributed by atoms with E-state index in [9.17, 15) is 9.59 Å². The van der Waals surface area contributed by atoms with Crippen LogP contribution in [-0.4, -0.2) is 26.5 Å². The predicted octanol–water partition coefficient (Wildman–Crippen LogP) is 2.66. The minimum atomic E-state index is -0.975. The number of nitrogens with one attached hydrogen (secondary N) is 1. The monoisotopic (exact) mass is 303 g/mol. The van der Waals surface area contributed by atoms with Crippen molar-refractivity contribution >= 4 is 22.9 Å². The predicted molar refractivity (Wildman–Crippen MR) is 83.5 cm³/mol. The van der Waals surface area contributed by atoms with Crippen LogP contribution in [0.2, 0.25) is 0 Å². The summed E-state index contributed by atoms with van der Waals surface area (Å²) in [4.78, 5) is 27.0. The van der Waals surface area contributed by atoms with E-state index in [1.807, 2.05) is 31.2 Å². The molecule has 22 heavy (non-hydrogen) atoms. The Hall–Kier alpha value is -2.37. The molecule has 0 fully saturated rings. The number of para-hydroxylation sites is 2. The molecule has 6 heteroatoms. The molecule has 6 nitrogen and oxygen atoms in total. The van der Waals surface area contributed by atoms with Crippen LogP contribution in [0.3, 0.4) is 0 Å². The third-order valence-corrected chi connectivity index (χ3v) is 3.47. The lowest BCUT2D eigenvalue weighted by Crippen LogP contribution is -2.29. The Morgan fingerprint density at radius 2 is 1.91 bits per heavy atom. The molecule has 1 aromatic heterocycles. The highest BCUT2D eigenvalue weighted by molar-refractivity contribution is 5.81. The summed E-state index contributed by atoms with van der Waals surface area (Å²) in [5.74, 6) is -0.477. The average Bonchev–Trinajstić information content (AvgIpc) is 2.84. The van der Waals surface area contributed by atoms with E-state index in [1.54, 1.807) is 0 Å². The highest BCUT2D eigenvalue weighted by atomic mass is 16.4. The zero-order valence-electron chi connectivity index (χ0n) is 13.0. The Balaban J connectivity index is 2.24. The van der Waals surface area contributed by atoms with Crippen molar-refractivity contribution in [1.82, 2.24) is 14.9 Å². The van der Waals surface area contributed by atoms with Crippen LogP contribution in [0.5, 0.6) is 0 Å². The molecule has 0 bridgehead atoms. The maximum Gasteiger partial charge on any atom is 0.303 e. The van der Waals surface area contributed by atoms with Crippen LogP contribution in [0.1, 0.15) is 51.5 Å². The maximum atomic E-state index is 11.8. The van der Waals surface area contributed by atoms with Gasteiger partial charge in [0.25, 0.3) is 0 Å². The number of aromatic nitrogens is 2. The molecule has 2 aromatic rings. The number of hydrogen-bond donors (Lipinski definition) is 2. The summed E-state index contributed by atoms with van der Waals surface area (Å²) < 4.78 is 2.09. The molecule has 0 saturated heterocycles. The second-order valence-electron chi connectivity index (χ2n) is 5.61. The summed E-state index contributed by atoms with van der Waals surface area (Å²) in [6.07, 6.45) is -0.194. The van der Waals surface area contributed by atoms with Gasteiger partial charge in [-0.25, -0.2) is 4.98 Å². The molecule has 1 atom stereocenters. The van der Waals surface area contributed by atoms with Gasteiger partial charge in [-0.05, 0) is 32.9 Å². The van der Waals surface area contributed by atoms with Gasteiger partial charge in [0.1, 0.15) is 5.82 Å². The quantitative estimate of drug-likeness (QED) is 0.859. The van der Waals surface area contributed by atoms with Gasteiger partial charge in [-0.2, -0.15) is 0 Å². The van der Waals surface area contributed by atoms with Gasteiger partial charge in [-0.15, -0.1) is 0 Å². The van der Waals surface area contributed by atoms with Gasteiger partial charge in [0.05, 0.1) is 23.5 Å². The van der Waals surface area contributed by atoms with Crippen molar-refractivity contribution in [3.63, 3.8) is 0 Å². The Bertz CT molecular complexity index is 691. The fourth-order valence-corrected chi connectivity index (χ4v) is 2.51. The maximum absolute atomic E-state index is 11.8. The number of carboxylic acids is 1. The molecule has 0 aliphatic carbocycles. The van der Waals surface area contributed by atoms with E-state index < -0.39 is 5.97 Å². The normalized spacial score (nSPS) is 12.5. The number of rotatable bonds is 6. The Labute approximate surface area is 129 Å². The number of carbonyl (C=O) groups is 2. The van der Waals surface area contributed by atoms with Gasteiger partial charge in [0.2, 0.25) is 5.91 Å². The van der Waals surface area contributed by atoms with Crippen LogP contribution < -0.4 is 5.32 Å². The molecule has 2 rings (SSSR count). The first-order valence-corrected chi connectivity index (χ1v) is 7.38. The first-order chi connectivity index (χ1) is 10.4. The van der Waals surface area contributed by atoms with Gasteiger partial charge in [-0.1, -0.05) is 12.1 Å². The number of hydrogen-bond acceptors (Lipinski definition) is 3. The van der Waals surface area contributed by atoms with Crippen LogP contribution in [0.25, 0.3) is 11.0 Å². The molecule has 1 heterocycles. The van der Waals surface area contributed by atoms with Crippen molar-refractivity contribution in [2.75, 3.05) is 0 Å². The number of carboxylic acid groups (broad SMARTS) is 1. The first kappa shape index (κ1) is 16.0. The number of aliphatic carboxylic acids is 1. The minimum absolute atomic E-state index is 0.0262. The zero-order valence-corrected chi connectivity index (χ0v) is 13.0. The summed E-state index contributed by atoms with van der Waals surface area (Å²) in [5, 5.41) is 11.5. The minimum Gasteiger partial charge on any atom is -0.481 e. The average molecular weight is 303 g/mol. The Kier molecular flexibility index (Phi) is 4.80. The Morgan fingerprint density at radius 1 is 1.23 bits per heavy atom. The van der Waals surface area contributed by atoms with E-state index in [-0.39, 0.29) is 30.8 Å². The molecule has 0 aliphatic heterocycles. The summed E-state index contributed by atoms with van der Waals surface area (Å²) in [6, 6.07) is 7.77. The van der Waals surface area contributed by atoms with E-state index in [2.05, 4.69) is 28.7 Å². The Morgan fingerprint density at radius 3 is 2.55 bits per heavy atom. The van der Waals surface area contributed by atoms with Crippen molar-refractivity contribution in [2.24, 2.45) is 0 Å². The van der Waals surface area contributed by atoms with Crippen LogP contribution in [-0.2, 0) is 9.59 Å². The van der Waals surface area contributed by atoms with Crippen molar-refractivity contribution < 1.29 is 14.7 Å². The topological polar surface area (TPSA) is 84.2 Å². The summed E-state index contributed by atoms with van der Waals surface area (Å²) in [5.41, 5.74) is 1.91. The number of imidazole rings is 1. The molecule has 0 aliphatic rings. The number of fused-ring (bicyclic) bond motifs is 1. The highest BCUT2D eigenvalue weighted by Gasteiger charge is 2.19. The number of benzene rings is 1. The van der Waals surface area contributed by atoms with Crippen LogP contribution in [0, 0.1) is 0 Å². The molecular weight excluding hydrogens is 282 g/mol. The molecular formula is C16H21N3O3. The van der Waals surface area contributed by atoms with Crippen LogP contribution in [0.4, 0.5) is 0 Å².